The Morgan fingerprint density at radius 2 is 1.36 bits per heavy atom. The minimum absolute atomic E-state index is 0.841. The molecule has 140 valence electrons. The molecule has 2 fully saturated rings. The van der Waals surface area contributed by atoms with Crippen LogP contribution in [0.4, 0.5) is 0 Å². The summed E-state index contributed by atoms with van der Waals surface area (Å²) in [5, 5.41) is 8.52. The third-order valence-electron chi connectivity index (χ3n) is 6.59. The van der Waals surface area contributed by atoms with Gasteiger partial charge in [0.05, 0.1) is 6.07 Å². The monoisotopic (exact) mass is 341 g/mol. The first-order valence-electron chi connectivity index (χ1n) is 11.0. The van der Waals surface area contributed by atoms with Crippen molar-refractivity contribution in [2.75, 3.05) is 0 Å². The van der Waals surface area contributed by atoms with Crippen molar-refractivity contribution in [2.45, 2.75) is 96.8 Å². The summed E-state index contributed by atoms with van der Waals surface area (Å²) < 4.78 is 0. The molecule has 0 aliphatic heterocycles. The minimum Gasteiger partial charge on any atom is -0.193 e. The van der Waals surface area contributed by atoms with E-state index in [0.717, 1.165) is 30.1 Å². The molecule has 2 aliphatic rings. The van der Waals surface area contributed by atoms with E-state index in [1.807, 2.05) is 6.08 Å². The Hall–Kier alpha value is -1.03. The normalized spacial score (nSPS) is 30.7. The van der Waals surface area contributed by atoms with Gasteiger partial charge in [-0.3, -0.25) is 0 Å². The molecule has 2 saturated carbocycles. The van der Waals surface area contributed by atoms with Crippen LogP contribution in [0.15, 0.2) is 24.3 Å². The van der Waals surface area contributed by atoms with Gasteiger partial charge in [0, 0.05) is 6.08 Å². The van der Waals surface area contributed by atoms with Gasteiger partial charge in [0.15, 0.2) is 0 Å². The van der Waals surface area contributed by atoms with Crippen molar-refractivity contribution in [3.8, 4) is 6.07 Å². The van der Waals surface area contributed by atoms with E-state index in [9.17, 15) is 0 Å². The topological polar surface area (TPSA) is 23.8 Å². The van der Waals surface area contributed by atoms with E-state index in [1.54, 1.807) is 6.08 Å². The fourth-order valence-corrected chi connectivity index (χ4v) is 4.80. The molecule has 0 N–H and O–H groups in total. The van der Waals surface area contributed by atoms with Gasteiger partial charge in [0.1, 0.15) is 0 Å². The zero-order valence-electron chi connectivity index (χ0n) is 16.5. The first kappa shape index (κ1) is 20.3. The Morgan fingerprint density at radius 1 is 0.800 bits per heavy atom. The molecule has 0 amide bonds. The maximum absolute atomic E-state index is 8.52. The van der Waals surface area contributed by atoms with E-state index < -0.39 is 0 Å². The summed E-state index contributed by atoms with van der Waals surface area (Å²) in [4.78, 5) is 0. The second-order valence-corrected chi connectivity index (χ2v) is 8.55. The molecule has 25 heavy (non-hydrogen) atoms. The van der Waals surface area contributed by atoms with Crippen LogP contribution in [0, 0.1) is 35.0 Å². The Kier molecular flexibility index (Phi) is 10.0. The Labute approximate surface area is 156 Å². The van der Waals surface area contributed by atoms with Crippen molar-refractivity contribution in [2.24, 2.45) is 23.7 Å². The van der Waals surface area contributed by atoms with E-state index in [2.05, 4.69) is 25.1 Å². The molecule has 0 radical (unpaired) electrons. The lowest BCUT2D eigenvalue weighted by atomic mass is 9.77. The molecule has 0 spiro atoms. The molecule has 0 atom stereocenters. The highest BCUT2D eigenvalue weighted by molar-refractivity contribution is 5.01. The van der Waals surface area contributed by atoms with Gasteiger partial charge in [-0.05, 0) is 87.9 Å². The quantitative estimate of drug-likeness (QED) is 0.241. The van der Waals surface area contributed by atoms with Crippen LogP contribution in [-0.4, -0.2) is 0 Å². The highest BCUT2D eigenvalue weighted by Crippen LogP contribution is 2.35. The van der Waals surface area contributed by atoms with E-state index >= 15 is 0 Å². The molecule has 0 bridgehead atoms. The summed E-state index contributed by atoms with van der Waals surface area (Å²) in [7, 11) is 0. The number of rotatable bonds is 9. The van der Waals surface area contributed by atoms with Gasteiger partial charge in [-0.1, -0.05) is 50.8 Å². The molecule has 2 rings (SSSR count). The zero-order chi connectivity index (χ0) is 17.7. The first-order chi connectivity index (χ1) is 12.3. The zero-order valence-corrected chi connectivity index (χ0v) is 16.5. The molecule has 0 heterocycles. The van der Waals surface area contributed by atoms with E-state index in [1.165, 1.54) is 83.5 Å². The van der Waals surface area contributed by atoms with Gasteiger partial charge in [-0.2, -0.15) is 5.26 Å². The van der Waals surface area contributed by atoms with Crippen molar-refractivity contribution in [1.82, 2.24) is 0 Å². The maximum Gasteiger partial charge on any atom is 0.0908 e. The lowest BCUT2D eigenvalue weighted by molar-refractivity contribution is 0.283. The lowest BCUT2D eigenvalue weighted by Crippen LogP contribution is -2.15. The standard InChI is InChI=1S/C24H39N/c1-2-3-5-8-21-10-14-23(15-11-21)18-19-24-16-12-22(13-17-24)9-6-4-7-20-25/h4,7,18-19,21-24H,2-3,5-6,8-17H2,1H3/t21-,22-,23-,24-. The number of allylic oxidation sites excluding steroid dienone is 4. The van der Waals surface area contributed by atoms with Crippen LogP contribution >= 0.6 is 0 Å². The maximum atomic E-state index is 8.52. The van der Waals surface area contributed by atoms with E-state index in [0.29, 0.717) is 0 Å². The molecule has 1 heteroatoms. The number of hydrogen-bond donors (Lipinski definition) is 0. The van der Waals surface area contributed by atoms with Crippen molar-refractivity contribution in [1.29, 1.82) is 5.26 Å². The largest absolute Gasteiger partial charge is 0.193 e. The molecule has 2 aliphatic carbocycles. The average molecular weight is 342 g/mol. The predicted molar refractivity (Wildman–Crippen MR) is 108 cm³/mol. The van der Waals surface area contributed by atoms with E-state index in [-0.39, 0.29) is 0 Å². The van der Waals surface area contributed by atoms with Crippen molar-refractivity contribution >= 4 is 0 Å². The Balaban J connectivity index is 1.57. The van der Waals surface area contributed by atoms with Crippen molar-refractivity contribution in [3.63, 3.8) is 0 Å². The second kappa shape index (κ2) is 12.3. The van der Waals surface area contributed by atoms with Crippen LogP contribution < -0.4 is 0 Å². The Bertz CT molecular complexity index is 426. The van der Waals surface area contributed by atoms with Gasteiger partial charge in [-0.25, -0.2) is 0 Å². The highest BCUT2D eigenvalue weighted by atomic mass is 14.3. The molecule has 0 aromatic rings. The number of unbranched alkanes of at least 4 members (excludes halogenated alkanes) is 2. The summed E-state index contributed by atoms with van der Waals surface area (Å²) >= 11 is 0. The fraction of sp³-hybridized carbons (Fsp3) is 0.792. The first-order valence-corrected chi connectivity index (χ1v) is 11.0. The van der Waals surface area contributed by atoms with Crippen LogP contribution in [-0.2, 0) is 0 Å². The van der Waals surface area contributed by atoms with Gasteiger partial charge in [0.25, 0.3) is 0 Å². The third-order valence-corrected chi connectivity index (χ3v) is 6.59. The minimum atomic E-state index is 0.841. The van der Waals surface area contributed by atoms with Crippen molar-refractivity contribution < 1.29 is 0 Å². The average Bonchev–Trinajstić information content (AvgIpc) is 2.66. The molecule has 0 unspecified atom stereocenters. The molecule has 0 saturated heterocycles. The third kappa shape index (κ3) is 8.26. The summed E-state index contributed by atoms with van der Waals surface area (Å²) in [5.74, 6) is 3.64. The van der Waals surface area contributed by atoms with Gasteiger partial charge < -0.3 is 0 Å². The summed E-state index contributed by atoms with van der Waals surface area (Å²) in [5.41, 5.74) is 0. The van der Waals surface area contributed by atoms with E-state index in [4.69, 9.17) is 5.26 Å². The number of nitriles is 1. The van der Waals surface area contributed by atoms with Crippen LogP contribution in [0.5, 0.6) is 0 Å². The second-order valence-electron chi connectivity index (χ2n) is 8.55. The summed E-state index contributed by atoms with van der Waals surface area (Å²) in [6, 6.07) is 2.09. The number of nitrogens with zero attached hydrogens (tertiary/aromatic N) is 1. The van der Waals surface area contributed by atoms with Gasteiger partial charge >= 0.3 is 0 Å². The molecule has 1 nitrogen and oxygen atoms in total. The van der Waals surface area contributed by atoms with Crippen LogP contribution in [0.2, 0.25) is 0 Å². The van der Waals surface area contributed by atoms with Crippen LogP contribution in [0.3, 0.4) is 0 Å². The smallest absolute Gasteiger partial charge is 0.0908 e. The predicted octanol–water partition coefficient (Wildman–Crippen LogP) is 7.60. The van der Waals surface area contributed by atoms with Gasteiger partial charge in [-0.15, -0.1) is 0 Å². The molecular formula is C24H39N. The lowest BCUT2D eigenvalue weighted by Gasteiger charge is -2.29. The summed E-state index contributed by atoms with van der Waals surface area (Å²) in [6.07, 6.45) is 28.3. The highest BCUT2D eigenvalue weighted by Gasteiger charge is 2.21. The molecular weight excluding hydrogens is 302 g/mol. The Morgan fingerprint density at radius 3 is 1.88 bits per heavy atom. The van der Waals surface area contributed by atoms with Crippen LogP contribution in [0.1, 0.15) is 96.8 Å². The SMILES string of the molecule is CCCCC[C@H]1CC[C@H](C=C[C@H]2CC[C@H](CCC=CC#N)CC2)CC1. The van der Waals surface area contributed by atoms with Crippen molar-refractivity contribution in [3.05, 3.63) is 24.3 Å². The molecule has 0 aromatic heterocycles. The summed E-state index contributed by atoms with van der Waals surface area (Å²) in [6.45, 7) is 2.31. The van der Waals surface area contributed by atoms with Gasteiger partial charge in [0.2, 0.25) is 0 Å². The fourth-order valence-electron chi connectivity index (χ4n) is 4.80. The number of hydrogen-bond acceptors (Lipinski definition) is 1. The molecule has 0 aromatic carbocycles. The van der Waals surface area contributed by atoms with Crippen LogP contribution in [0.25, 0.3) is 0 Å².